The van der Waals surface area contributed by atoms with E-state index in [2.05, 4.69) is 25.6 Å². The van der Waals surface area contributed by atoms with Crippen molar-refractivity contribution < 1.29 is 9.59 Å². The number of carbonyl (C=O) groups excluding carboxylic acids is 2. The third-order valence-corrected chi connectivity index (χ3v) is 3.24. The number of hydrogen-bond acceptors (Lipinski definition) is 7. The van der Waals surface area contributed by atoms with Crippen molar-refractivity contribution in [2.24, 2.45) is 11.5 Å². The molecule has 0 fully saturated rings. The summed E-state index contributed by atoms with van der Waals surface area (Å²) < 4.78 is 0. The molecule has 9 heteroatoms. The smallest absolute Gasteiger partial charge is 0.271 e. The quantitative estimate of drug-likeness (QED) is 0.584. The van der Waals surface area contributed by atoms with Gasteiger partial charge in [-0.25, -0.2) is 9.97 Å². The standard InChI is InChI=1S/C15H19N7O2/c1-3-10(13(16)23)21-11-7-19-12(14(17)24)15(22-11)20-9-4-5-18-8(2)6-9/h4-7,10H,3H2,1-2H3,(H2,16,23)(H2,17,24)(H2,18,20,21,22). The van der Waals surface area contributed by atoms with Gasteiger partial charge in [-0.2, -0.15) is 0 Å². The minimum atomic E-state index is -0.718. The lowest BCUT2D eigenvalue weighted by Gasteiger charge is -2.15. The first-order valence-electron chi connectivity index (χ1n) is 7.33. The van der Waals surface area contributed by atoms with Crippen molar-refractivity contribution in [3.63, 3.8) is 0 Å². The molecule has 2 heterocycles. The van der Waals surface area contributed by atoms with Gasteiger partial charge >= 0.3 is 0 Å². The highest BCUT2D eigenvalue weighted by Crippen LogP contribution is 2.19. The SMILES string of the molecule is CCC(Nc1cnc(C(N)=O)c(Nc2ccnc(C)c2)n1)C(N)=O. The first kappa shape index (κ1) is 17.1. The summed E-state index contributed by atoms with van der Waals surface area (Å²) >= 11 is 0. The van der Waals surface area contributed by atoms with Crippen molar-refractivity contribution in [1.29, 1.82) is 0 Å². The molecule has 0 spiro atoms. The second-order valence-corrected chi connectivity index (χ2v) is 5.14. The Morgan fingerprint density at radius 1 is 1.29 bits per heavy atom. The van der Waals surface area contributed by atoms with Gasteiger partial charge < -0.3 is 22.1 Å². The summed E-state index contributed by atoms with van der Waals surface area (Å²) in [6.45, 7) is 3.65. The molecule has 126 valence electrons. The Bertz CT molecular complexity index is 763. The molecule has 0 aliphatic rings. The van der Waals surface area contributed by atoms with Crippen LogP contribution in [-0.4, -0.2) is 32.8 Å². The molecular weight excluding hydrogens is 310 g/mol. The van der Waals surface area contributed by atoms with E-state index in [1.165, 1.54) is 6.20 Å². The summed E-state index contributed by atoms with van der Waals surface area (Å²) in [7, 11) is 0. The van der Waals surface area contributed by atoms with Crippen molar-refractivity contribution in [2.75, 3.05) is 10.6 Å². The van der Waals surface area contributed by atoms with Crippen molar-refractivity contribution >= 4 is 29.1 Å². The van der Waals surface area contributed by atoms with Gasteiger partial charge in [-0.05, 0) is 25.5 Å². The molecule has 0 aliphatic carbocycles. The summed E-state index contributed by atoms with van der Waals surface area (Å²) in [6.07, 6.45) is 3.44. The molecule has 1 unspecified atom stereocenters. The highest BCUT2D eigenvalue weighted by atomic mass is 16.1. The lowest BCUT2D eigenvalue weighted by Crippen LogP contribution is -2.35. The second kappa shape index (κ2) is 7.36. The first-order chi connectivity index (χ1) is 11.4. The average molecular weight is 329 g/mol. The molecular formula is C15H19N7O2. The normalized spacial score (nSPS) is 11.6. The van der Waals surface area contributed by atoms with E-state index in [-0.39, 0.29) is 11.5 Å². The van der Waals surface area contributed by atoms with E-state index >= 15 is 0 Å². The summed E-state index contributed by atoms with van der Waals surface area (Å²) in [4.78, 5) is 35.3. The minimum Gasteiger partial charge on any atom is -0.368 e. The molecule has 2 amide bonds. The number of primary amides is 2. The number of hydrogen-bond donors (Lipinski definition) is 4. The molecule has 0 saturated carbocycles. The largest absolute Gasteiger partial charge is 0.368 e. The molecule has 0 radical (unpaired) electrons. The van der Waals surface area contributed by atoms with Gasteiger partial charge in [0.25, 0.3) is 5.91 Å². The Morgan fingerprint density at radius 2 is 2.04 bits per heavy atom. The highest BCUT2D eigenvalue weighted by Gasteiger charge is 2.17. The monoisotopic (exact) mass is 329 g/mol. The third kappa shape index (κ3) is 4.15. The maximum absolute atomic E-state index is 11.5. The van der Waals surface area contributed by atoms with Crippen LogP contribution in [0, 0.1) is 6.92 Å². The number of amides is 2. The lowest BCUT2D eigenvalue weighted by atomic mass is 10.2. The van der Waals surface area contributed by atoms with Crippen LogP contribution in [0.2, 0.25) is 0 Å². The van der Waals surface area contributed by atoms with E-state index in [9.17, 15) is 9.59 Å². The molecule has 6 N–H and O–H groups in total. The number of pyridine rings is 1. The number of carbonyl (C=O) groups is 2. The fourth-order valence-electron chi connectivity index (χ4n) is 2.04. The number of rotatable bonds is 7. The van der Waals surface area contributed by atoms with Gasteiger partial charge in [0.15, 0.2) is 11.5 Å². The fourth-order valence-corrected chi connectivity index (χ4v) is 2.04. The van der Waals surface area contributed by atoms with Gasteiger partial charge in [-0.3, -0.25) is 14.6 Å². The van der Waals surface area contributed by atoms with Gasteiger partial charge in [-0.15, -0.1) is 0 Å². The number of nitrogens with two attached hydrogens (primary N) is 2. The van der Waals surface area contributed by atoms with Crippen LogP contribution in [-0.2, 0) is 4.79 Å². The maximum Gasteiger partial charge on any atom is 0.271 e. The lowest BCUT2D eigenvalue weighted by molar-refractivity contribution is -0.118. The van der Waals surface area contributed by atoms with Crippen LogP contribution >= 0.6 is 0 Å². The highest BCUT2D eigenvalue weighted by molar-refractivity contribution is 5.96. The van der Waals surface area contributed by atoms with E-state index in [0.29, 0.717) is 17.9 Å². The average Bonchev–Trinajstić information content (AvgIpc) is 2.52. The van der Waals surface area contributed by atoms with Gasteiger partial charge in [-0.1, -0.05) is 6.92 Å². The zero-order valence-electron chi connectivity index (χ0n) is 13.4. The first-order valence-corrected chi connectivity index (χ1v) is 7.33. The third-order valence-electron chi connectivity index (χ3n) is 3.24. The van der Waals surface area contributed by atoms with Gasteiger partial charge in [0, 0.05) is 17.6 Å². The molecule has 0 aromatic carbocycles. The molecule has 1 atom stereocenters. The summed E-state index contributed by atoms with van der Waals surface area (Å²) in [5.41, 5.74) is 12.1. The Balaban J connectivity index is 2.34. The van der Waals surface area contributed by atoms with Crippen molar-refractivity contribution in [3.05, 3.63) is 35.9 Å². The molecule has 2 aromatic rings. The Morgan fingerprint density at radius 3 is 2.62 bits per heavy atom. The van der Waals surface area contributed by atoms with Gasteiger partial charge in [0.2, 0.25) is 5.91 Å². The van der Waals surface area contributed by atoms with Crippen molar-refractivity contribution in [2.45, 2.75) is 26.3 Å². The van der Waals surface area contributed by atoms with Crippen LogP contribution in [0.5, 0.6) is 0 Å². The van der Waals surface area contributed by atoms with Crippen LogP contribution in [0.4, 0.5) is 17.3 Å². The van der Waals surface area contributed by atoms with Crippen LogP contribution in [0.1, 0.15) is 29.5 Å². The van der Waals surface area contributed by atoms with E-state index < -0.39 is 17.9 Å². The predicted molar refractivity (Wildman–Crippen MR) is 89.7 cm³/mol. The fraction of sp³-hybridized carbons (Fsp3) is 0.267. The summed E-state index contributed by atoms with van der Waals surface area (Å²) in [6, 6.07) is 2.91. The van der Waals surface area contributed by atoms with E-state index in [1.807, 2.05) is 13.8 Å². The number of nitrogens with zero attached hydrogens (tertiary/aromatic N) is 3. The van der Waals surface area contributed by atoms with Gasteiger partial charge in [0.1, 0.15) is 11.9 Å². The number of nitrogens with one attached hydrogen (secondary N) is 2. The van der Waals surface area contributed by atoms with E-state index in [4.69, 9.17) is 11.5 Å². The molecule has 2 rings (SSSR count). The van der Waals surface area contributed by atoms with Crippen LogP contribution in [0.25, 0.3) is 0 Å². The molecule has 0 aliphatic heterocycles. The number of aromatic nitrogens is 3. The molecule has 2 aromatic heterocycles. The Kier molecular flexibility index (Phi) is 5.25. The molecule has 0 bridgehead atoms. The number of aryl methyl sites for hydroxylation is 1. The molecule has 0 saturated heterocycles. The van der Waals surface area contributed by atoms with E-state index in [1.54, 1.807) is 18.3 Å². The topological polar surface area (TPSA) is 149 Å². The van der Waals surface area contributed by atoms with E-state index in [0.717, 1.165) is 5.69 Å². The van der Waals surface area contributed by atoms with Crippen LogP contribution < -0.4 is 22.1 Å². The Labute approximate surface area is 138 Å². The second-order valence-electron chi connectivity index (χ2n) is 5.14. The van der Waals surface area contributed by atoms with Crippen molar-refractivity contribution in [3.8, 4) is 0 Å². The van der Waals surface area contributed by atoms with Gasteiger partial charge in [0.05, 0.1) is 6.20 Å². The predicted octanol–water partition coefficient (Wildman–Crippen LogP) is 0.698. The van der Waals surface area contributed by atoms with Crippen LogP contribution in [0.15, 0.2) is 24.5 Å². The van der Waals surface area contributed by atoms with Crippen LogP contribution in [0.3, 0.4) is 0 Å². The summed E-state index contributed by atoms with van der Waals surface area (Å²) in [5.74, 6) is -0.738. The zero-order chi connectivity index (χ0) is 17.7. The number of anilines is 3. The zero-order valence-corrected chi connectivity index (χ0v) is 13.4. The Hall–Kier alpha value is -3.23. The maximum atomic E-state index is 11.5. The molecule has 24 heavy (non-hydrogen) atoms. The molecule has 9 nitrogen and oxygen atoms in total. The van der Waals surface area contributed by atoms with Crippen molar-refractivity contribution in [1.82, 2.24) is 15.0 Å². The minimum absolute atomic E-state index is 0.0119. The summed E-state index contributed by atoms with van der Waals surface area (Å²) in [5, 5.41) is 5.86.